The maximum Gasteiger partial charge on any atom is 0.416 e. The number of piperidine rings is 1. The second kappa shape index (κ2) is 7.38. The summed E-state index contributed by atoms with van der Waals surface area (Å²) in [5.74, 6) is -0.137. The molecule has 132 valence electrons. The van der Waals surface area contributed by atoms with Crippen molar-refractivity contribution in [1.29, 1.82) is 0 Å². The van der Waals surface area contributed by atoms with Crippen LogP contribution >= 0.6 is 0 Å². The number of alkyl halides is 3. The third-order valence-electron chi connectivity index (χ3n) is 4.49. The van der Waals surface area contributed by atoms with Gasteiger partial charge in [0.25, 0.3) is 0 Å². The fraction of sp³-hybridized carbons (Fsp3) is 0.500. The Labute approximate surface area is 140 Å². The molecular weight excluding hydrogens is 317 g/mol. The van der Waals surface area contributed by atoms with Gasteiger partial charge in [0.2, 0.25) is 5.91 Å². The molecule has 0 radical (unpaired) electrons. The van der Waals surface area contributed by atoms with Gasteiger partial charge in [0.15, 0.2) is 0 Å². The summed E-state index contributed by atoms with van der Waals surface area (Å²) < 4.78 is 38.4. The van der Waals surface area contributed by atoms with E-state index >= 15 is 0 Å². The first kappa shape index (κ1) is 18.5. The van der Waals surface area contributed by atoms with Crippen LogP contribution in [-0.2, 0) is 11.0 Å². The monoisotopic (exact) mass is 340 g/mol. The normalized spacial score (nSPS) is 17.5. The van der Waals surface area contributed by atoms with Gasteiger partial charge in [-0.25, -0.2) is 0 Å². The molecule has 1 amide bonds. The molecule has 6 heteroatoms. The molecule has 0 saturated carbocycles. The van der Waals surface area contributed by atoms with Gasteiger partial charge in [-0.2, -0.15) is 13.2 Å². The molecular formula is C18H23F3N2O. The molecule has 0 aliphatic carbocycles. The number of hydrogen-bond acceptors (Lipinski definition) is 2. The number of allylic oxidation sites excluding steroid dienone is 1. The molecule has 0 aromatic heterocycles. The van der Waals surface area contributed by atoms with E-state index in [1.165, 1.54) is 12.1 Å². The topological polar surface area (TPSA) is 23.6 Å². The molecule has 3 nitrogen and oxygen atoms in total. The molecule has 0 bridgehead atoms. The lowest BCUT2D eigenvalue weighted by Crippen LogP contribution is -2.44. The number of rotatable bonds is 3. The van der Waals surface area contributed by atoms with Gasteiger partial charge in [0.1, 0.15) is 0 Å². The average molecular weight is 340 g/mol. The SMILES string of the molecule is C/C(=C\C(=O)N1CCC(N(C)C)CC1)c1cccc(C(F)(F)F)c1. The molecule has 1 aliphatic rings. The summed E-state index contributed by atoms with van der Waals surface area (Å²) in [4.78, 5) is 16.3. The molecule has 0 spiro atoms. The molecule has 1 saturated heterocycles. The molecule has 1 aromatic carbocycles. The van der Waals surface area contributed by atoms with Crippen molar-refractivity contribution in [3.8, 4) is 0 Å². The summed E-state index contributed by atoms with van der Waals surface area (Å²) in [6.07, 6.45) is -1.12. The Balaban J connectivity index is 2.07. The fourth-order valence-corrected chi connectivity index (χ4v) is 2.90. The van der Waals surface area contributed by atoms with Crippen molar-refractivity contribution >= 4 is 11.5 Å². The first-order chi connectivity index (χ1) is 11.2. The molecule has 1 heterocycles. The van der Waals surface area contributed by atoms with Crippen LogP contribution < -0.4 is 0 Å². The zero-order chi connectivity index (χ0) is 17.9. The van der Waals surface area contributed by atoms with Crippen LogP contribution in [0.3, 0.4) is 0 Å². The van der Waals surface area contributed by atoms with Gasteiger partial charge in [-0.15, -0.1) is 0 Å². The molecule has 1 fully saturated rings. The maximum atomic E-state index is 12.8. The van der Waals surface area contributed by atoms with E-state index in [0.29, 0.717) is 30.3 Å². The Morgan fingerprint density at radius 2 is 1.88 bits per heavy atom. The van der Waals surface area contributed by atoms with Crippen LogP contribution in [0.4, 0.5) is 13.2 Å². The minimum absolute atomic E-state index is 0.137. The van der Waals surface area contributed by atoms with E-state index in [4.69, 9.17) is 0 Å². The largest absolute Gasteiger partial charge is 0.416 e. The Morgan fingerprint density at radius 1 is 1.25 bits per heavy atom. The lowest BCUT2D eigenvalue weighted by atomic mass is 10.0. The highest BCUT2D eigenvalue weighted by atomic mass is 19.4. The quantitative estimate of drug-likeness (QED) is 0.784. The molecule has 1 aliphatic heterocycles. The predicted octanol–water partition coefficient (Wildman–Crippen LogP) is 3.66. The highest BCUT2D eigenvalue weighted by Crippen LogP contribution is 2.31. The standard InChI is InChI=1S/C18H23F3N2O/c1-13(14-5-4-6-15(12-14)18(19,20)21)11-17(24)23-9-7-16(8-10-23)22(2)3/h4-6,11-12,16H,7-10H2,1-3H3/b13-11+. The summed E-state index contributed by atoms with van der Waals surface area (Å²) in [6, 6.07) is 5.54. The predicted molar refractivity (Wildman–Crippen MR) is 88.4 cm³/mol. The highest BCUT2D eigenvalue weighted by molar-refractivity contribution is 5.95. The lowest BCUT2D eigenvalue weighted by molar-refractivity contribution is -0.137. The molecule has 0 N–H and O–H groups in total. The van der Waals surface area contributed by atoms with E-state index in [-0.39, 0.29) is 5.91 Å². The second-order valence-corrected chi connectivity index (χ2v) is 6.43. The van der Waals surface area contributed by atoms with Gasteiger partial charge in [-0.3, -0.25) is 4.79 Å². The van der Waals surface area contributed by atoms with Gasteiger partial charge in [0.05, 0.1) is 5.56 Å². The number of likely N-dealkylation sites (tertiary alicyclic amines) is 1. The minimum Gasteiger partial charge on any atom is -0.339 e. The van der Waals surface area contributed by atoms with Crippen molar-refractivity contribution in [3.63, 3.8) is 0 Å². The molecule has 2 rings (SSSR count). The van der Waals surface area contributed by atoms with Gasteiger partial charge < -0.3 is 9.80 Å². The zero-order valence-corrected chi connectivity index (χ0v) is 14.2. The summed E-state index contributed by atoms with van der Waals surface area (Å²) in [5, 5.41) is 0. The minimum atomic E-state index is -4.38. The van der Waals surface area contributed by atoms with E-state index in [9.17, 15) is 18.0 Å². The van der Waals surface area contributed by atoms with Crippen molar-refractivity contribution in [2.24, 2.45) is 0 Å². The van der Waals surface area contributed by atoms with Crippen LogP contribution in [0, 0.1) is 0 Å². The number of carbonyl (C=O) groups is 1. The van der Waals surface area contributed by atoms with E-state index in [1.807, 2.05) is 14.1 Å². The van der Waals surface area contributed by atoms with Crippen molar-refractivity contribution in [2.75, 3.05) is 27.2 Å². The van der Waals surface area contributed by atoms with Gasteiger partial charge in [-0.05, 0) is 57.1 Å². The number of carbonyl (C=O) groups excluding carboxylic acids is 1. The lowest BCUT2D eigenvalue weighted by Gasteiger charge is -2.34. The Kier molecular flexibility index (Phi) is 5.70. The van der Waals surface area contributed by atoms with Crippen molar-refractivity contribution in [2.45, 2.75) is 32.0 Å². The van der Waals surface area contributed by atoms with Crippen LogP contribution in [0.1, 0.15) is 30.9 Å². The van der Waals surface area contributed by atoms with Crippen molar-refractivity contribution in [1.82, 2.24) is 9.80 Å². The van der Waals surface area contributed by atoms with Crippen LogP contribution in [0.15, 0.2) is 30.3 Å². The Bertz CT molecular complexity index is 615. The molecule has 0 atom stereocenters. The second-order valence-electron chi connectivity index (χ2n) is 6.43. The van der Waals surface area contributed by atoms with Crippen molar-refractivity contribution < 1.29 is 18.0 Å². The molecule has 1 aromatic rings. The van der Waals surface area contributed by atoms with E-state index in [2.05, 4.69) is 4.90 Å². The first-order valence-electron chi connectivity index (χ1n) is 7.99. The third-order valence-corrected chi connectivity index (χ3v) is 4.49. The summed E-state index contributed by atoms with van der Waals surface area (Å²) in [5.41, 5.74) is 0.259. The average Bonchev–Trinajstić information content (AvgIpc) is 2.54. The summed E-state index contributed by atoms with van der Waals surface area (Å²) in [6.45, 7) is 3.02. The number of halogens is 3. The Morgan fingerprint density at radius 3 is 2.42 bits per heavy atom. The smallest absolute Gasteiger partial charge is 0.339 e. The van der Waals surface area contributed by atoms with E-state index in [0.717, 1.165) is 25.0 Å². The first-order valence-corrected chi connectivity index (χ1v) is 7.99. The van der Waals surface area contributed by atoms with Crippen LogP contribution in [0.5, 0.6) is 0 Å². The third kappa shape index (κ3) is 4.60. The van der Waals surface area contributed by atoms with Gasteiger partial charge in [-0.1, -0.05) is 12.1 Å². The molecule has 0 unspecified atom stereocenters. The summed E-state index contributed by atoms with van der Waals surface area (Å²) in [7, 11) is 4.06. The van der Waals surface area contributed by atoms with E-state index < -0.39 is 11.7 Å². The van der Waals surface area contributed by atoms with Gasteiger partial charge in [0, 0.05) is 25.2 Å². The zero-order valence-electron chi connectivity index (χ0n) is 14.2. The maximum absolute atomic E-state index is 12.8. The Hall–Kier alpha value is -1.82. The van der Waals surface area contributed by atoms with Crippen LogP contribution in [-0.4, -0.2) is 48.9 Å². The van der Waals surface area contributed by atoms with Crippen molar-refractivity contribution in [3.05, 3.63) is 41.5 Å². The fourth-order valence-electron chi connectivity index (χ4n) is 2.90. The number of hydrogen-bond donors (Lipinski definition) is 0. The number of nitrogens with zero attached hydrogens (tertiary/aromatic N) is 2. The summed E-state index contributed by atoms with van der Waals surface area (Å²) >= 11 is 0. The number of benzene rings is 1. The molecule has 24 heavy (non-hydrogen) atoms. The van der Waals surface area contributed by atoms with Crippen LogP contribution in [0.25, 0.3) is 5.57 Å². The van der Waals surface area contributed by atoms with Crippen LogP contribution in [0.2, 0.25) is 0 Å². The van der Waals surface area contributed by atoms with E-state index in [1.54, 1.807) is 17.9 Å². The van der Waals surface area contributed by atoms with Gasteiger partial charge >= 0.3 is 6.18 Å². The number of amides is 1. The highest BCUT2D eigenvalue weighted by Gasteiger charge is 2.30.